The summed E-state index contributed by atoms with van der Waals surface area (Å²) >= 11 is 0. The van der Waals surface area contributed by atoms with Gasteiger partial charge in [-0.15, -0.1) is 0 Å². The molecule has 18 heavy (non-hydrogen) atoms. The number of aromatic nitrogens is 1. The number of H-pyrrole nitrogens is 1. The molecule has 0 aliphatic carbocycles. The summed E-state index contributed by atoms with van der Waals surface area (Å²) in [7, 11) is 1.30. The fourth-order valence-corrected chi connectivity index (χ4v) is 1.23. The van der Waals surface area contributed by atoms with Crippen LogP contribution in [-0.4, -0.2) is 29.6 Å². The molecule has 1 aromatic heterocycles. The number of rotatable bonds is 3. The van der Waals surface area contributed by atoms with Gasteiger partial charge in [0.2, 0.25) is 0 Å². The van der Waals surface area contributed by atoms with Crippen molar-refractivity contribution in [2.24, 2.45) is 0 Å². The molecule has 0 aliphatic rings. The van der Waals surface area contributed by atoms with E-state index in [-0.39, 0.29) is 0 Å². The van der Waals surface area contributed by atoms with Crippen LogP contribution in [0, 0.1) is 0 Å². The van der Waals surface area contributed by atoms with Crippen LogP contribution in [0.3, 0.4) is 0 Å². The van der Waals surface area contributed by atoms with Gasteiger partial charge in [0.25, 0.3) is 0 Å². The van der Waals surface area contributed by atoms with Crippen molar-refractivity contribution in [2.75, 3.05) is 7.11 Å². The van der Waals surface area contributed by atoms with Crippen molar-refractivity contribution in [3.8, 4) is 0 Å². The molecule has 1 heterocycles. The zero-order chi connectivity index (χ0) is 13.8. The minimum absolute atomic E-state index is 0.335. The standard InChI is InChI=1S/C13H17NO4/c1-13(2,3)18-11(15)8-6-9-5-7-10(14-9)12(16)17-4/h5-8,14H,1-4H3. The largest absolute Gasteiger partial charge is 0.464 e. The van der Waals surface area contributed by atoms with E-state index in [1.165, 1.54) is 13.2 Å². The molecular formula is C13H17NO4. The smallest absolute Gasteiger partial charge is 0.354 e. The van der Waals surface area contributed by atoms with Crippen LogP contribution in [0.1, 0.15) is 37.0 Å². The van der Waals surface area contributed by atoms with Crippen LogP contribution in [0.2, 0.25) is 0 Å². The molecule has 98 valence electrons. The topological polar surface area (TPSA) is 68.4 Å². The normalized spacial score (nSPS) is 11.6. The first kappa shape index (κ1) is 14.0. The summed E-state index contributed by atoms with van der Waals surface area (Å²) in [6.45, 7) is 5.38. The second-order valence-corrected chi connectivity index (χ2v) is 4.69. The second-order valence-electron chi connectivity index (χ2n) is 4.69. The Bertz CT molecular complexity index is 466. The molecule has 5 nitrogen and oxygen atoms in total. The highest BCUT2D eigenvalue weighted by molar-refractivity contribution is 5.89. The van der Waals surface area contributed by atoms with Gasteiger partial charge >= 0.3 is 11.9 Å². The van der Waals surface area contributed by atoms with Gasteiger partial charge in [0.1, 0.15) is 11.3 Å². The second kappa shape index (κ2) is 5.53. The third-order valence-corrected chi connectivity index (χ3v) is 1.92. The number of nitrogens with one attached hydrogen (secondary N) is 1. The molecule has 1 aromatic rings. The van der Waals surface area contributed by atoms with Gasteiger partial charge in [-0.05, 0) is 39.0 Å². The van der Waals surface area contributed by atoms with Crippen LogP contribution in [0.5, 0.6) is 0 Å². The van der Waals surface area contributed by atoms with E-state index in [1.54, 1.807) is 39.0 Å². The summed E-state index contributed by atoms with van der Waals surface area (Å²) in [5.41, 5.74) is 0.441. The minimum Gasteiger partial charge on any atom is -0.464 e. The van der Waals surface area contributed by atoms with Gasteiger partial charge in [0.15, 0.2) is 0 Å². The maximum Gasteiger partial charge on any atom is 0.354 e. The highest BCUT2D eigenvalue weighted by atomic mass is 16.6. The summed E-state index contributed by atoms with van der Waals surface area (Å²) in [5, 5.41) is 0. The maximum atomic E-state index is 11.4. The molecule has 0 amide bonds. The average Bonchev–Trinajstić information content (AvgIpc) is 2.71. The van der Waals surface area contributed by atoms with Gasteiger partial charge < -0.3 is 14.5 Å². The van der Waals surface area contributed by atoms with Gasteiger partial charge in [-0.3, -0.25) is 0 Å². The van der Waals surface area contributed by atoms with Gasteiger partial charge in [-0.25, -0.2) is 9.59 Å². The lowest BCUT2D eigenvalue weighted by atomic mass is 10.2. The first-order valence-electron chi connectivity index (χ1n) is 5.50. The molecule has 0 fully saturated rings. The van der Waals surface area contributed by atoms with E-state index in [4.69, 9.17) is 4.74 Å². The molecule has 0 spiro atoms. The highest BCUT2D eigenvalue weighted by Gasteiger charge is 2.14. The van der Waals surface area contributed by atoms with Crippen LogP contribution in [-0.2, 0) is 14.3 Å². The van der Waals surface area contributed by atoms with E-state index in [1.807, 2.05) is 0 Å². The van der Waals surface area contributed by atoms with Crippen molar-refractivity contribution in [1.82, 2.24) is 4.98 Å². The molecular weight excluding hydrogens is 234 g/mol. The van der Waals surface area contributed by atoms with Gasteiger partial charge in [-0.2, -0.15) is 0 Å². The first-order valence-corrected chi connectivity index (χ1v) is 5.50. The van der Waals surface area contributed by atoms with Gasteiger partial charge in [-0.1, -0.05) is 0 Å². The molecule has 0 saturated heterocycles. The molecule has 0 saturated carbocycles. The summed E-state index contributed by atoms with van der Waals surface area (Å²) in [6.07, 6.45) is 2.85. The van der Waals surface area contributed by atoms with E-state index in [2.05, 4.69) is 9.72 Å². The van der Waals surface area contributed by atoms with Crippen LogP contribution < -0.4 is 0 Å². The van der Waals surface area contributed by atoms with E-state index in [0.29, 0.717) is 11.4 Å². The van der Waals surface area contributed by atoms with E-state index in [0.717, 1.165) is 0 Å². The Balaban J connectivity index is 2.65. The number of hydrogen-bond donors (Lipinski definition) is 1. The Morgan fingerprint density at radius 3 is 2.50 bits per heavy atom. The summed E-state index contributed by atoms with van der Waals surface area (Å²) in [6, 6.07) is 3.26. The quantitative estimate of drug-likeness (QED) is 0.660. The zero-order valence-corrected chi connectivity index (χ0v) is 10.9. The Hall–Kier alpha value is -2.04. The number of carbonyl (C=O) groups excluding carboxylic acids is 2. The zero-order valence-electron chi connectivity index (χ0n) is 10.9. The molecule has 0 aliphatic heterocycles. The maximum absolute atomic E-state index is 11.4. The van der Waals surface area contributed by atoms with Crippen molar-refractivity contribution in [1.29, 1.82) is 0 Å². The average molecular weight is 251 g/mol. The fourth-order valence-electron chi connectivity index (χ4n) is 1.23. The van der Waals surface area contributed by atoms with Crippen LogP contribution in [0.4, 0.5) is 0 Å². The third kappa shape index (κ3) is 4.45. The van der Waals surface area contributed by atoms with E-state index < -0.39 is 17.5 Å². The monoisotopic (exact) mass is 251 g/mol. The van der Waals surface area contributed by atoms with Crippen molar-refractivity contribution in [3.63, 3.8) is 0 Å². The highest BCUT2D eigenvalue weighted by Crippen LogP contribution is 2.09. The Morgan fingerprint density at radius 2 is 1.94 bits per heavy atom. The summed E-state index contributed by atoms with van der Waals surface area (Å²) in [5.74, 6) is -0.886. The van der Waals surface area contributed by atoms with Crippen LogP contribution in [0.15, 0.2) is 18.2 Å². The lowest BCUT2D eigenvalue weighted by Gasteiger charge is -2.17. The van der Waals surface area contributed by atoms with Crippen molar-refractivity contribution < 1.29 is 19.1 Å². The minimum atomic E-state index is -0.520. The molecule has 0 bridgehead atoms. The SMILES string of the molecule is COC(=O)c1ccc(C=CC(=O)OC(C)(C)C)[nH]1. The first-order chi connectivity index (χ1) is 8.31. The molecule has 0 unspecified atom stereocenters. The predicted molar refractivity (Wildman–Crippen MR) is 67.0 cm³/mol. The molecule has 0 aromatic carbocycles. The number of carbonyl (C=O) groups is 2. The molecule has 5 heteroatoms. The lowest BCUT2D eigenvalue weighted by Crippen LogP contribution is -2.22. The number of ether oxygens (including phenoxy) is 2. The van der Waals surface area contributed by atoms with E-state index in [9.17, 15) is 9.59 Å². The third-order valence-electron chi connectivity index (χ3n) is 1.92. The molecule has 0 radical (unpaired) electrons. The van der Waals surface area contributed by atoms with Crippen molar-refractivity contribution in [3.05, 3.63) is 29.6 Å². The Kier molecular flexibility index (Phi) is 4.31. The van der Waals surface area contributed by atoms with Crippen LogP contribution >= 0.6 is 0 Å². The molecule has 0 atom stereocenters. The lowest BCUT2D eigenvalue weighted by molar-refractivity contribution is -0.148. The van der Waals surface area contributed by atoms with Gasteiger partial charge in [0.05, 0.1) is 7.11 Å². The van der Waals surface area contributed by atoms with Crippen molar-refractivity contribution >= 4 is 18.0 Å². The summed E-state index contributed by atoms with van der Waals surface area (Å²) in [4.78, 5) is 25.4. The molecule has 1 N–H and O–H groups in total. The summed E-state index contributed by atoms with van der Waals surface area (Å²) < 4.78 is 9.66. The number of aromatic amines is 1. The van der Waals surface area contributed by atoms with Crippen molar-refractivity contribution in [2.45, 2.75) is 26.4 Å². The predicted octanol–water partition coefficient (Wildman–Crippen LogP) is 2.16. The Labute approximate surface area is 106 Å². The number of hydrogen-bond acceptors (Lipinski definition) is 4. The molecule has 1 rings (SSSR count). The fraction of sp³-hybridized carbons (Fsp3) is 0.385. The van der Waals surface area contributed by atoms with Crippen LogP contribution in [0.25, 0.3) is 6.08 Å². The van der Waals surface area contributed by atoms with E-state index >= 15 is 0 Å². The number of esters is 2. The Morgan fingerprint density at radius 1 is 1.28 bits per heavy atom. The number of methoxy groups -OCH3 is 1. The van der Waals surface area contributed by atoms with Gasteiger partial charge in [0, 0.05) is 11.8 Å².